The molecule has 0 radical (unpaired) electrons. The van der Waals surface area contributed by atoms with E-state index in [0.717, 1.165) is 11.1 Å². The summed E-state index contributed by atoms with van der Waals surface area (Å²) < 4.78 is 2.16. The molecule has 0 saturated carbocycles. The van der Waals surface area contributed by atoms with Gasteiger partial charge in [-0.25, -0.2) is 0 Å². The minimum absolute atomic E-state index is 0. The Bertz CT molecular complexity index is 1020. The average Bonchev–Trinajstić information content (AvgIpc) is 3.02. The van der Waals surface area contributed by atoms with Crippen LogP contribution in [-0.2, 0) is 30.8 Å². The van der Waals surface area contributed by atoms with Crippen molar-refractivity contribution >= 4 is 40.5 Å². The topological polar surface area (TPSA) is 40.5 Å². The van der Waals surface area contributed by atoms with Crippen LogP contribution in [0.3, 0.4) is 0 Å². The van der Waals surface area contributed by atoms with Crippen LogP contribution in [0.25, 0.3) is 0 Å². The molecule has 0 aliphatic rings. The van der Waals surface area contributed by atoms with E-state index in [0.29, 0.717) is 11.5 Å². The van der Waals surface area contributed by atoms with Crippen molar-refractivity contribution in [3.8, 4) is 11.5 Å². The van der Waals surface area contributed by atoms with Crippen LogP contribution in [0.1, 0.15) is 79.1 Å². The molecule has 0 saturated heterocycles. The standard InChI is InChI=1S/2C11H16O.C7H8S.2ClH.Ti/c2*1-8-5-6-10(12)9(7-8)11(2,3)4;1-5-4-6(2)8-7(5)3;;;/h2*5-7,12H,1-4H3;3-4H,1-2H3;2*1H;. The van der Waals surface area contributed by atoms with Crippen LogP contribution in [0, 0.1) is 27.7 Å². The second-order valence-electron chi connectivity index (χ2n) is 10.6. The summed E-state index contributed by atoms with van der Waals surface area (Å²) in [5.41, 5.74) is 5.87. The first kappa shape index (κ1) is 36.1. The SMILES string of the molecule is Cc1cc(C)c([CH]=[Ti])s1.Cc1ccc(O)c(C(C)(C)C)c1.Cc1ccc(O)c(C(C)(C)C)c1.Cl.Cl. The molecular weight excluding hydrogens is 531 g/mol. The average molecular weight is 573 g/mol. The molecule has 0 fully saturated rings. The number of aryl methyl sites for hydroxylation is 4. The Morgan fingerprint density at radius 1 is 0.686 bits per heavy atom. The summed E-state index contributed by atoms with van der Waals surface area (Å²) in [6, 6.07) is 13.7. The number of hydrogen-bond donors (Lipinski definition) is 2. The molecule has 0 aliphatic carbocycles. The largest absolute Gasteiger partial charge is 0.508 e. The van der Waals surface area contributed by atoms with E-state index >= 15 is 0 Å². The van der Waals surface area contributed by atoms with E-state index in [-0.39, 0.29) is 35.6 Å². The maximum atomic E-state index is 9.57. The summed E-state index contributed by atoms with van der Waals surface area (Å²) in [6.07, 6.45) is 0. The molecule has 2 N–H and O–H groups in total. The van der Waals surface area contributed by atoms with E-state index in [1.165, 1.54) is 26.4 Å². The summed E-state index contributed by atoms with van der Waals surface area (Å²) in [6.45, 7) is 21.0. The molecule has 0 unspecified atom stereocenters. The van der Waals surface area contributed by atoms with Gasteiger partial charge >= 0.3 is 70.9 Å². The van der Waals surface area contributed by atoms with Gasteiger partial charge in [0.25, 0.3) is 0 Å². The fourth-order valence-electron chi connectivity index (χ4n) is 3.30. The summed E-state index contributed by atoms with van der Waals surface area (Å²) in [4.78, 5) is 2.81. The van der Waals surface area contributed by atoms with E-state index < -0.39 is 0 Å². The molecule has 2 aromatic carbocycles. The molecule has 2 nitrogen and oxygen atoms in total. The Morgan fingerprint density at radius 2 is 1.06 bits per heavy atom. The Hall–Kier alpha value is -1.10. The maximum absolute atomic E-state index is 9.57. The molecule has 0 bridgehead atoms. The fraction of sp³-hybridized carbons (Fsp3) is 0.414. The van der Waals surface area contributed by atoms with Gasteiger partial charge in [0.1, 0.15) is 11.5 Å². The monoisotopic (exact) mass is 572 g/mol. The number of benzene rings is 2. The molecule has 0 atom stereocenters. The van der Waals surface area contributed by atoms with Gasteiger partial charge in [-0.2, -0.15) is 0 Å². The van der Waals surface area contributed by atoms with Gasteiger partial charge in [-0.05, 0) is 47.9 Å². The van der Waals surface area contributed by atoms with E-state index in [1.54, 1.807) is 12.1 Å². The van der Waals surface area contributed by atoms with Crippen LogP contribution >= 0.6 is 36.2 Å². The van der Waals surface area contributed by atoms with Gasteiger partial charge in [0.05, 0.1) is 0 Å². The number of phenolic OH excluding ortho intramolecular Hbond substituents is 2. The van der Waals surface area contributed by atoms with Gasteiger partial charge in [0, 0.05) is 0 Å². The predicted molar refractivity (Wildman–Crippen MR) is 157 cm³/mol. The third kappa shape index (κ3) is 12.1. The zero-order chi connectivity index (χ0) is 25.6. The van der Waals surface area contributed by atoms with Crippen molar-refractivity contribution in [3.63, 3.8) is 0 Å². The van der Waals surface area contributed by atoms with Crippen LogP contribution in [0.4, 0.5) is 0 Å². The second kappa shape index (κ2) is 15.2. The molecule has 1 aromatic heterocycles. The molecule has 0 aliphatic heterocycles. The first-order chi connectivity index (χ1) is 15.1. The normalized spacial score (nSPS) is 10.4. The molecule has 0 amide bonds. The van der Waals surface area contributed by atoms with Gasteiger partial charge in [0.2, 0.25) is 0 Å². The first-order valence-electron chi connectivity index (χ1n) is 11.2. The van der Waals surface area contributed by atoms with Crippen LogP contribution < -0.4 is 0 Å². The predicted octanol–water partition coefficient (Wildman–Crippen LogP) is 8.90. The van der Waals surface area contributed by atoms with Crippen molar-refractivity contribution in [1.29, 1.82) is 0 Å². The smallest absolute Gasteiger partial charge is 0.119 e. The Balaban J connectivity index is 0. The van der Waals surface area contributed by atoms with E-state index in [4.69, 9.17) is 0 Å². The van der Waals surface area contributed by atoms with Gasteiger partial charge in [0.15, 0.2) is 0 Å². The molecule has 3 aromatic rings. The van der Waals surface area contributed by atoms with Crippen molar-refractivity contribution in [2.75, 3.05) is 0 Å². The maximum Gasteiger partial charge on any atom is 0.119 e. The number of hydrogen-bond acceptors (Lipinski definition) is 3. The van der Waals surface area contributed by atoms with Crippen LogP contribution in [0.5, 0.6) is 11.5 Å². The van der Waals surface area contributed by atoms with Gasteiger partial charge < -0.3 is 10.2 Å². The molecule has 0 spiro atoms. The van der Waals surface area contributed by atoms with Crippen LogP contribution in [0.15, 0.2) is 42.5 Å². The molecular formula is C29H42Cl2O2STi. The number of phenols is 2. The summed E-state index contributed by atoms with van der Waals surface area (Å²) in [5, 5.41) is 19.1. The minimum Gasteiger partial charge on any atom is -0.508 e. The van der Waals surface area contributed by atoms with E-state index in [2.05, 4.69) is 85.7 Å². The van der Waals surface area contributed by atoms with E-state index in [1.807, 2.05) is 49.4 Å². The van der Waals surface area contributed by atoms with Crippen molar-refractivity contribution < 1.29 is 30.2 Å². The van der Waals surface area contributed by atoms with Gasteiger partial charge in [-0.3, -0.25) is 0 Å². The van der Waals surface area contributed by atoms with Crippen molar-refractivity contribution in [2.45, 2.75) is 80.1 Å². The van der Waals surface area contributed by atoms with E-state index in [9.17, 15) is 10.2 Å². The number of halogens is 2. The summed E-state index contributed by atoms with van der Waals surface area (Å²) >= 11 is 3.94. The van der Waals surface area contributed by atoms with Gasteiger partial charge in [-0.1, -0.05) is 76.9 Å². The quantitative estimate of drug-likeness (QED) is 0.286. The fourth-order valence-corrected chi connectivity index (χ4v) is 4.80. The minimum atomic E-state index is 0. The number of rotatable bonds is 1. The molecule has 3 rings (SSSR count). The molecule has 194 valence electrons. The Kier molecular flexibility index (Phi) is 15.7. The van der Waals surface area contributed by atoms with Crippen molar-refractivity contribution in [3.05, 3.63) is 80.0 Å². The zero-order valence-corrected chi connectivity index (χ0v) is 26.7. The molecule has 1 heterocycles. The second-order valence-corrected chi connectivity index (χ2v) is 12.3. The molecule has 35 heavy (non-hydrogen) atoms. The third-order valence-electron chi connectivity index (χ3n) is 5.13. The van der Waals surface area contributed by atoms with Gasteiger partial charge in [-0.15, -0.1) is 24.8 Å². The van der Waals surface area contributed by atoms with Crippen LogP contribution in [-0.4, -0.2) is 14.5 Å². The van der Waals surface area contributed by atoms with Crippen molar-refractivity contribution in [1.82, 2.24) is 0 Å². The Labute approximate surface area is 240 Å². The van der Waals surface area contributed by atoms with Crippen LogP contribution in [0.2, 0.25) is 0 Å². The van der Waals surface area contributed by atoms with Crippen molar-refractivity contribution in [2.24, 2.45) is 0 Å². The Morgan fingerprint density at radius 3 is 1.26 bits per heavy atom. The number of aromatic hydroxyl groups is 2. The zero-order valence-electron chi connectivity index (χ0n) is 22.7. The molecule has 6 heteroatoms. The third-order valence-corrected chi connectivity index (χ3v) is 7.01. The summed E-state index contributed by atoms with van der Waals surface area (Å²) in [7, 11) is 0. The summed E-state index contributed by atoms with van der Waals surface area (Å²) in [5.74, 6) is 0.793. The number of thiophene rings is 1. The first-order valence-corrected chi connectivity index (χ1v) is 13.0.